The fourth-order valence-electron chi connectivity index (χ4n) is 3.53. The maximum Gasteiger partial charge on any atom is 0.194 e. The van der Waals surface area contributed by atoms with Gasteiger partial charge >= 0.3 is 0 Å². The number of benzene rings is 2. The van der Waals surface area contributed by atoms with Gasteiger partial charge < -0.3 is 20.1 Å². The molecule has 1 saturated heterocycles. The summed E-state index contributed by atoms with van der Waals surface area (Å²) in [6.45, 7) is -0.578. The number of rotatable bonds is 5. The average molecular weight is 513 g/mol. The summed E-state index contributed by atoms with van der Waals surface area (Å²) < 4.78 is 47.3. The van der Waals surface area contributed by atoms with Gasteiger partial charge in [0.05, 0.1) is 23.4 Å². The fraction of sp³-hybridized carbons (Fsp3) is 0.286. The molecule has 2 aromatic carbocycles. The number of hydrogen-bond donors (Lipinski definition) is 3. The van der Waals surface area contributed by atoms with Gasteiger partial charge in [0, 0.05) is 10.5 Å². The molecule has 2 heterocycles. The monoisotopic (exact) mass is 512 g/mol. The molecule has 0 bridgehead atoms. The lowest BCUT2D eigenvalue weighted by Crippen LogP contribution is -2.55. The Bertz CT molecular complexity index is 1230. The van der Waals surface area contributed by atoms with E-state index in [4.69, 9.17) is 21.6 Å². The molecule has 178 valence electrons. The van der Waals surface area contributed by atoms with E-state index in [0.29, 0.717) is 4.90 Å². The third-order valence-electron chi connectivity index (χ3n) is 5.26. The molecule has 0 spiro atoms. The summed E-state index contributed by atoms with van der Waals surface area (Å²) in [6.07, 6.45) is -2.68. The number of aliphatic hydroxyl groups is 3. The first-order valence-corrected chi connectivity index (χ1v) is 11.0. The molecule has 13 heteroatoms. The molecule has 34 heavy (non-hydrogen) atoms. The molecule has 3 aromatic rings. The van der Waals surface area contributed by atoms with E-state index in [1.165, 1.54) is 18.3 Å². The van der Waals surface area contributed by atoms with E-state index in [2.05, 4.69) is 10.3 Å². The topological polar surface area (TPSA) is 124 Å². The first kappa shape index (κ1) is 24.5. The quantitative estimate of drug-likeness (QED) is 0.446. The van der Waals surface area contributed by atoms with Crippen molar-refractivity contribution in [3.63, 3.8) is 0 Å². The molecular weight excluding hydrogens is 497 g/mol. The highest BCUT2D eigenvalue weighted by atomic mass is 35.5. The van der Waals surface area contributed by atoms with Crippen LogP contribution in [0.2, 0.25) is 5.02 Å². The highest BCUT2D eigenvalue weighted by Crippen LogP contribution is 2.39. The first-order valence-electron chi connectivity index (χ1n) is 9.79. The number of aliphatic hydroxyl groups excluding tert-OH is 3. The molecule has 1 aromatic heterocycles. The van der Waals surface area contributed by atoms with Crippen molar-refractivity contribution < 1.29 is 33.2 Å². The smallest absolute Gasteiger partial charge is 0.194 e. The van der Waals surface area contributed by atoms with Gasteiger partial charge in [-0.05, 0) is 30.3 Å². The minimum atomic E-state index is -1.63. The normalized spacial score (nSPS) is 24.7. The van der Waals surface area contributed by atoms with Crippen molar-refractivity contribution in [3.05, 3.63) is 64.6 Å². The number of halogens is 4. The Kier molecular flexibility index (Phi) is 7.13. The lowest BCUT2D eigenvalue weighted by Gasteiger charge is -2.41. The van der Waals surface area contributed by atoms with Gasteiger partial charge in [0.1, 0.15) is 41.6 Å². The summed E-state index contributed by atoms with van der Waals surface area (Å²) in [5.74, 6) is -4.44. The van der Waals surface area contributed by atoms with Crippen LogP contribution < -0.4 is 0 Å². The van der Waals surface area contributed by atoms with Crippen molar-refractivity contribution >= 4 is 23.4 Å². The molecule has 1 aliphatic heterocycles. The van der Waals surface area contributed by atoms with Gasteiger partial charge in [-0.1, -0.05) is 28.6 Å². The second kappa shape index (κ2) is 9.91. The van der Waals surface area contributed by atoms with Crippen LogP contribution in [0, 0.1) is 28.8 Å². The van der Waals surface area contributed by atoms with E-state index in [1.54, 1.807) is 6.07 Å². The van der Waals surface area contributed by atoms with Crippen molar-refractivity contribution in [3.8, 4) is 17.3 Å². The molecule has 1 aliphatic rings. The minimum absolute atomic E-state index is 0.0349. The number of nitriles is 1. The summed E-state index contributed by atoms with van der Waals surface area (Å²) >= 11 is 7.11. The zero-order valence-electron chi connectivity index (χ0n) is 17.0. The van der Waals surface area contributed by atoms with Crippen LogP contribution in [-0.2, 0) is 4.74 Å². The van der Waals surface area contributed by atoms with Crippen LogP contribution in [0.5, 0.6) is 0 Å². The van der Waals surface area contributed by atoms with Crippen molar-refractivity contribution in [1.29, 1.82) is 5.26 Å². The Morgan fingerprint density at radius 1 is 1.15 bits per heavy atom. The third-order valence-corrected chi connectivity index (χ3v) is 6.72. The number of thioether (sulfide) groups is 1. The zero-order valence-corrected chi connectivity index (χ0v) is 18.6. The van der Waals surface area contributed by atoms with E-state index < -0.39 is 53.8 Å². The SMILES string of the molecule is N#Cc1ccc(S[C@H]2OC(CO)[C@H](O)[C@H](n3cc(-c4cc(F)c(F)c(F)c4)nn3)C2O)cc1Cl. The molecule has 0 amide bonds. The van der Waals surface area contributed by atoms with Crippen LogP contribution in [0.4, 0.5) is 13.2 Å². The van der Waals surface area contributed by atoms with Crippen LogP contribution in [0.3, 0.4) is 0 Å². The van der Waals surface area contributed by atoms with Crippen LogP contribution >= 0.6 is 23.4 Å². The molecule has 3 N–H and O–H groups in total. The summed E-state index contributed by atoms with van der Waals surface area (Å²) in [7, 11) is 0. The Balaban J connectivity index is 1.63. The van der Waals surface area contributed by atoms with Gasteiger partial charge in [-0.2, -0.15) is 5.26 Å². The molecule has 0 radical (unpaired) electrons. The molecule has 0 aliphatic carbocycles. The zero-order chi connectivity index (χ0) is 24.6. The Morgan fingerprint density at radius 2 is 1.85 bits per heavy atom. The van der Waals surface area contributed by atoms with E-state index >= 15 is 0 Å². The van der Waals surface area contributed by atoms with E-state index in [9.17, 15) is 28.5 Å². The number of ether oxygens (including phenoxy) is 1. The second-order valence-electron chi connectivity index (χ2n) is 7.41. The number of hydrogen-bond acceptors (Lipinski definition) is 8. The van der Waals surface area contributed by atoms with Gasteiger partial charge in [-0.25, -0.2) is 17.9 Å². The van der Waals surface area contributed by atoms with Gasteiger partial charge in [0.2, 0.25) is 0 Å². The summed E-state index contributed by atoms with van der Waals surface area (Å²) in [5.41, 5.74) is -0.868. The van der Waals surface area contributed by atoms with Crippen molar-refractivity contribution in [2.75, 3.05) is 6.61 Å². The number of nitrogens with zero attached hydrogens (tertiary/aromatic N) is 4. The fourth-order valence-corrected chi connectivity index (χ4v) is 4.92. The van der Waals surface area contributed by atoms with Crippen LogP contribution in [0.1, 0.15) is 11.6 Å². The van der Waals surface area contributed by atoms with Crippen molar-refractivity contribution in [1.82, 2.24) is 15.0 Å². The molecular formula is C21H16ClF3N4O4S. The second-order valence-corrected chi connectivity index (χ2v) is 8.99. The average Bonchev–Trinajstić information content (AvgIpc) is 3.29. The number of aromatic nitrogens is 3. The predicted molar refractivity (Wildman–Crippen MR) is 114 cm³/mol. The van der Waals surface area contributed by atoms with Crippen molar-refractivity contribution in [2.24, 2.45) is 0 Å². The maximum atomic E-state index is 13.6. The third kappa shape index (κ3) is 4.63. The lowest BCUT2D eigenvalue weighted by molar-refractivity contribution is -0.178. The predicted octanol–water partition coefficient (Wildman–Crippen LogP) is 2.66. The lowest BCUT2D eigenvalue weighted by atomic mass is 9.97. The Hall–Kier alpha value is -2.66. The van der Waals surface area contributed by atoms with Crippen molar-refractivity contribution in [2.45, 2.75) is 34.7 Å². The largest absolute Gasteiger partial charge is 0.394 e. The highest BCUT2D eigenvalue weighted by molar-refractivity contribution is 7.99. The maximum absolute atomic E-state index is 13.6. The van der Waals surface area contributed by atoms with Gasteiger partial charge in [0.15, 0.2) is 17.5 Å². The van der Waals surface area contributed by atoms with Gasteiger partial charge in [0.25, 0.3) is 0 Å². The molecule has 0 saturated carbocycles. The first-order chi connectivity index (χ1) is 16.2. The summed E-state index contributed by atoms with van der Waals surface area (Å²) in [5, 5.41) is 48.2. The molecule has 5 atom stereocenters. The molecule has 8 nitrogen and oxygen atoms in total. The minimum Gasteiger partial charge on any atom is -0.394 e. The van der Waals surface area contributed by atoms with Crippen LogP contribution in [0.15, 0.2) is 41.4 Å². The Morgan fingerprint density at radius 3 is 2.47 bits per heavy atom. The van der Waals surface area contributed by atoms with E-state index in [1.807, 2.05) is 6.07 Å². The Labute approximate surface area is 200 Å². The van der Waals surface area contributed by atoms with Crippen LogP contribution in [0.25, 0.3) is 11.3 Å². The van der Waals surface area contributed by atoms with Gasteiger partial charge in [-0.3, -0.25) is 0 Å². The summed E-state index contributed by atoms with van der Waals surface area (Å²) in [4.78, 5) is 0.552. The summed E-state index contributed by atoms with van der Waals surface area (Å²) in [6, 6.07) is 6.88. The molecule has 2 unspecified atom stereocenters. The van der Waals surface area contributed by atoms with E-state index in [0.717, 1.165) is 28.6 Å². The highest BCUT2D eigenvalue weighted by Gasteiger charge is 2.46. The van der Waals surface area contributed by atoms with Gasteiger partial charge in [-0.15, -0.1) is 5.10 Å². The molecule has 1 fully saturated rings. The standard InChI is InChI=1S/C21H16ClF3N4O4S/c22-12-5-11(2-1-9(12)6-26)34-21-20(32)18(19(31)16(8-30)33-21)29-7-15(27-28-29)10-3-13(23)17(25)14(24)4-10/h1-5,7,16,18-21,30-32H,8H2/t16?,18-,19-,20?,21+/m0/s1. The van der Waals surface area contributed by atoms with Crippen LogP contribution in [-0.4, -0.2) is 60.7 Å². The van der Waals surface area contributed by atoms with E-state index in [-0.39, 0.29) is 21.8 Å². The molecule has 4 rings (SSSR count).